The average Bonchev–Trinajstić information content (AvgIpc) is 2.51. The van der Waals surface area contributed by atoms with E-state index in [2.05, 4.69) is 4.98 Å². The summed E-state index contributed by atoms with van der Waals surface area (Å²) in [7, 11) is 0. The van der Waals surface area contributed by atoms with Gasteiger partial charge in [-0.25, -0.2) is 4.98 Å². The summed E-state index contributed by atoms with van der Waals surface area (Å²) in [6, 6.07) is 12.1. The van der Waals surface area contributed by atoms with Crippen LogP contribution in [0.15, 0.2) is 36.4 Å². The lowest BCUT2D eigenvalue weighted by Gasteiger charge is -2.13. The van der Waals surface area contributed by atoms with Gasteiger partial charge in [0.2, 0.25) is 5.88 Å². The largest absolute Gasteiger partial charge is 0.461 e. The van der Waals surface area contributed by atoms with Gasteiger partial charge in [-0.2, -0.15) is 23.7 Å². The molecule has 1 heterocycles. The van der Waals surface area contributed by atoms with Gasteiger partial charge in [-0.15, -0.1) is 0 Å². The van der Waals surface area contributed by atoms with E-state index in [9.17, 15) is 13.2 Å². The molecule has 0 spiro atoms. The number of halogens is 3. The number of pyridine rings is 1. The second-order valence-electron chi connectivity index (χ2n) is 4.16. The molecule has 4 nitrogen and oxygen atoms in total. The fraction of sp³-hybridized carbons (Fsp3) is 0.133. The Morgan fingerprint density at radius 2 is 1.82 bits per heavy atom. The van der Waals surface area contributed by atoms with Gasteiger partial charge in [0.1, 0.15) is 17.7 Å². The summed E-state index contributed by atoms with van der Waals surface area (Å²) >= 11 is 0. The van der Waals surface area contributed by atoms with Crippen LogP contribution in [0.5, 0.6) is 5.88 Å². The third-order valence-corrected chi connectivity index (χ3v) is 2.75. The van der Waals surface area contributed by atoms with E-state index in [1.54, 1.807) is 36.4 Å². The highest BCUT2D eigenvalue weighted by Gasteiger charge is 2.36. The molecule has 22 heavy (non-hydrogen) atoms. The van der Waals surface area contributed by atoms with Crippen LogP contribution in [-0.4, -0.2) is 11.6 Å². The second kappa shape index (κ2) is 6.15. The minimum Gasteiger partial charge on any atom is -0.461 e. The number of nitrogens with zero attached hydrogens (tertiary/aromatic N) is 3. The topological polar surface area (TPSA) is 69.7 Å². The zero-order chi connectivity index (χ0) is 16.2. The molecule has 0 aliphatic carbocycles. The van der Waals surface area contributed by atoms with Gasteiger partial charge in [0, 0.05) is 5.56 Å². The van der Waals surface area contributed by atoms with Crippen LogP contribution in [0.3, 0.4) is 0 Å². The smallest absolute Gasteiger partial charge is 0.417 e. The number of hydrogen-bond donors (Lipinski definition) is 0. The van der Waals surface area contributed by atoms with E-state index in [-0.39, 0.29) is 5.69 Å². The predicted molar refractivity (Wildman–Crippen MR) is 70.5 cm³/mol. The lowest BCUT2D eigenvalue weighted by atomic mass is 10.0. The van der Waals surface area contributed by atoms with Crippen molar-refractivity contribution in [3.05, 3.63) is 47.5 Å². The minimum atomic E-state index is -4.73. The SMILES string of the molecule is N#CCOc1nc(-c2ccccc2)cc(C(F)(F)F)c1C#N. The van der Waals surface area contributed by atoms with Crippen LogP contribution < -0.4 is 4.74 Å². The van der Waals surface area contributed by atoms with Gasteiger partial charge < -0.3 is 4.74 Å². The van der Waals surface area contributed by atoms with Crippen LogP contribution in [0, 0.1) is 22.7 Å². The molecule has 110 valence electrons. The van der Waals surface area contributed by atoms with Gasteiger partial charge in [-0.1, -0.05) is 30.3 Å². The molecular weight excluding hydrogens is 295 g/mol. The highest BCUT2D eigenvalue weighted by Crippen LogP contribution is 2.37. The zero-order valence-electron chi connectivity index (χ0n) is 11.1. The standard InChI is InChI=1S/C15H8F3N3O/c16-15(17,18)12-8-13(10-4-2-1-3-5-10)21-14(11(12)9-20)22-7-6-19/h1-5,8H,7H2. The van der Waals surface area contributed by atoms with Crippen molar-refractivity contribution in [1.82, 2.24) is 4.98 Å². The number of ether oxygens (including phenoxy) is 1. The third kappa shape index (κ3) is 3.15. The van der Waals surface area contributed by atoms with E-state index in [0.717, 1.165) is 6.07 Å². The van der Waals surface area contributed by atoms with Crippen LogP contribution in [0.1, 0.15) is 11.1 Å². The number of rotatable bonds is 3. The Morgan fingerprint density at radius 1 is 1.14 bits per heavy atom. The molecule has 2 aromatic rings. The molecule has 0 aliphatic heterocycles. The molecule has 0 saturated heterocycles. The van der Waals surface area contributed by atoms with Crippen molar-refractivity contribution in [1.29, 1.82) is 10.5 Å². The molecule has 1 aromatic heterocycles. The van der Waals surface area contributed by atoms with Crippen molar-refractivity contribution >= 4 is 0 Å². The monoisotopic (exact) mass is 303 g/mol. The summed E-state index contributed by atoms with van der Waals surface area (Å²) in [4.78, 5) is 3.93. The van der Waals surface area contributed by atoms with E-state index < -0.39 is 29.8 Å². The van der Waals surface area contributed by atoms with Crippen molar-refractivity contribution in [2.45, 2.75) is 6.18 Å². The Hall–Kier alpha value is -3.06. The lowest BCUT2D eigenvalue weighted by molar-refractivity contribution is -0.137. The zero-order valence-corrected chi connectivity index (χ0v) is 11.1. The normalized spacial score (nSPS) is 10.6. The molecular formula is C15H8F3N3O. The maximum Gasteiger partial charge on any atom is 0.417 e. The van der Waals surface area contributed by atoms with E-state index in [1.807, 2.05) is 0 Å². The lowest BCUT2D eigenvalue weighted by Crippen LogP contribution is -2.11. The quantitative estimate of drug-likeness (QED) is 0.869. The van der Waals surface area contributed by atoms with Crippen molar-refractivity contribution in [3.8, 4) is 29.3 Å². The van der Waals surface area contributed by atoms with E-state index in [4.69, 9.17) is 15.3 Å². The number of benzene rings is 1. The molecule has 0 fully saturated rings. The van der Waals surface area contributed by atoms with Crippen molar-refractivity contribution in [2.75, 3.05) is 6.61 Å². The first-order valence-electron chi connectivity index (χ1n) is 6.05. The summed E-state index contributed by atoms with van der Waals surface area (Å²) in [5, 5.41) is 17.5. The first kappa shape index (κ1) is 15.3. The first-order chi connectivity index (χ1) is 10.5. The third-order valence-electron chi connectivity index (χ3n) is 2.75. The minimum absolute atomic E-state index is 0.0138. The number of alkyl halides is 3. The summed E-state index contributed by atoms with van der Waals surface area (Å²) in [6.07, 6.45) is -4.73. The maximum atomic E-state index is 13.1. The molecule has 0 atom stereocenters. The molecule has 7 heteroatoms. The second-order valence-corrected chi connectivity index (χ2v) is 4.16. The Balaban J connectivity index is 2.68. The summed E-state index contributed by atoms with van der Waals surface area (Å²) < 4.78 is 44.3. The fourth-order valence-electron chi connectivity index (χ4n) is 1.82. The average molecular weight is 303 g/mol. The first-order valence-corrected chi connectivity index (χ1v) is 6.05. The number of nitriles is 2. The molecule has 0 aliphatic rings. The van der Waals surface area contributed by atoms with Gasteiger partial charge in [0.05, 0.1) is 11.3 Å². The predicted octanol–water partition coefficient (Wildman–Crippen LogP) is 3.54. The summed E-state index contributed by atoms with van der Waals surface area (Å²) in [5.41, 5.74) is -1.42. The number of aromatic nitrogens is 1. The number of hydrogen-bond acceptors (Lipinski definition) is 4. The van der Waals surface area contributed by atoms with Gasteiger partial charge in [0.15, 0.2) is 6.61 Å². The van der Waals surface area contributed by atoms with E-state index in [0.29, 0.717) is 5.56 Å². The highest BCUT2D eigenvalue weighted by molar-refractivity contribution is 5.63. The molecule has 0 amide bonds. The molecule has 0 saturated carbocycles. The summed E-state index contributed by atoms with van der Waals surface area (Å²) in [5.74, 6) is -0.502. The van der Waals surface area contributed by atoms with Gasteiger partial charge in [-0.3, -0.25) is 0 Å². The van der Waals surface area contributed by atoms with Crippen molar-refractivity contribution < 1.29 is 17.9 Å². The van der Waals surface area contributed by atoms with Crippen molar-refractivity contribution in [2.24, 2.45) is 0 Å². The van der Waals surface area contributed by atoms with Crippen LogP contribution in [0.25, 0.3) is 11.3 Å². The molecule has 1 aromatic carbocycles. The van der Waals surface area contributed by atoms with Crippen LogP contribution >= 0.6 is 0 Å². The Labute approximate surface area is 124 Å². The molecule has 0 N–H and O–H groups in total. The van der Waals surface area contributed by atoms with Gasteiger partial charge in [0.25, 0.3) is 0 Å². The Morgan fingerprint density at radius 3 is 2.36 bits per heavy atom. The van der Waals surface area contributed by atoms with Crippen molar-refractivity contribution in [3.63, 3.8) is 0 Å². The molecule has 0 bridgehead atoms. The fourth-order valence-corrected chi connectivity index (χ4v) is 1.82. The van der Waals surface area contributed by atoms with E-state index >= 15 is 0 Å². The summed E-state index contributed by atoms with van der Waals surface area (Å²) in [6.45, 7) is -0.503. The Kier molecular flexibility index (Phi) is 4.28. The van der Waals surface area contributed by atoms with Gasteiger partial charge in [-0.05, 0) is 6.07 Å². The van der Waals surface area contributed by atoms with Crippen LogP contribution in [0.2, 0.25) is 0 Å². The Bertz CT molecular complexity index is 759. The van der Waals surface area contributed by atoms with Gasteiger partial charge >= 0.3 is 6.18 Å². The van der Waals surface area contributed by atoms with Crippen LogP contribution in [-0.2, 0) is 6.18 Å². The van der Waals surface area contributed by atoms with E-state index in [1.165, 1.54) is 6.07 Å². The highest BCUT2D eigenvalue weighted by atomic mass is 19.4. The molecule has 2 rings (SSSR count). The maximum absolute atomic E-state index is 13.1. The molecule has 0 radical (unpaired) electrons. The molecule has 0 unspecified atom stereocenters. The van der Waals surface area contributed by atoms with Crippen LogP contribution in [0.4, 0.5) is 13.2 Å².